The first-order chi connectivity index (χ1) is 25.6. The fraction of sp³-hybridized carbons (Fsp3) is 0.125. The predicted molar refractivity (Wildman–Crippen MR) is 209 cm³/mol. The number of esters is 1. The Morgan fingerprint density at radius 2 is 1.45 bits per heavy atom. The van der Waals surface area contributed by atoms with E-state index >= 15 is 0 Å². The molecule has 0 atom stereocenters. The molecule has 0 fully saturated rings. The van der Waals surface area contributed by atoms with E-state index in [9.17, 15) is 24.0 Å². The van der Waals surface area contributed by atoms with Gasteiger partial charge in [0.2, 0.25) is 5.91 Å². The number of nitrogens with one attached hydrogen (secondary N) is 4. The summed E-state index contributed by atoms with van der Waals surface area (Å²) in [7, 11) is 1.56. The average molecular weight is 749 g/mol. The summed E-state index contributed by atoms with van der Waals surface area (Å²) in [6.45, 7) is 3.43. The maximum absolute atomic E-state index is 13.5. The van der Waals surface area contributed by atoms with Crippen LogP contribution in [0.2, 0.25) is 0 Å². The fourth-order valence-corrected chi connectivity index (χ4v) is 6.82. The molecule has 0 spiro atoms. The summed E-state index contributed by atoms with van der Waals surface area (Å²) in [5.74, 6) is -1.89. The largest absolute Gasteiger partial charge is 0.497 e. The Balaban J connectivity index is 1.27. The first-order valence-corrected chi connectivity index (χ1v) is 18.2. The zero-order chi connectivity index (χ0) is 37.7. The highest BCUT2D eigenvalue weighted by Gasteiger charge is 2.27. The van der Waals surface area contributed by atoms with E-state index in [0.29, 0.717) is 38.7 Å². The van der Waals surface area contributed by atoms with Crippen molar-refractivity contribution in [2.75, 3.05) is 35.4 Å². The summed E-state index contributed by atoms with van der Waals surface area (Å²) in [6.07, 6.45) is 1.56. The summed E-state index contributed by atoms with van der Waals surface area (Å²) in [6, 6.07) is 31.4. The van der Waals surface area contributed by atoms with Crippen LogP contribution in [0.25, 0.3) is 6.08 Å². The highest BCUT2D eigenvalue weighted by Crippen LogP contribution is 2.35. The number of thioether (sulfide) groups is 1. The van der Waals surface area contributed by atoms with Gasteiger partial charge in [0.05, 0.1) is 29.9 Å². The monoisotopic (exact) mass is 748 g/mol. The van der Waals surface area contributed by atoms with E-state index in [-0.39, 0.29) is 33.5 Å². The summed E-state index contributed by atoms with van der Waals surface area (Å²) in [5, 5.41) is 11.3. The summed E-state index contributed by atoms with van der Waals surface area (Å²) >= 11 is 2.20. The number of rotatable bonds is 14. The van der Waals surface area contributed by atoms with Gasteiger partial charge in [-0.3, -0.25) is 19.2 Å². The van der Waals surface area contributed by atoms with Crippen molar-refractivity contribution in [3.8, 4) is 5.75 Å². The van der Waals surface area contributed by atoms with Crippen LogP contribution in [0.3, 0.4) is 0 Å². The van der Waals surface area contributed by atoms with Crippen molar-refractivity contribution >= 4 is 75.1 Å². The Labute approximate surface area is 314 Å². The van der Waals surface area contributed by atoms with Gasteiger partial charge in [0, 0.05) is 21.8 Å². The molecular formula is C40H36N4O7S2. The van der Waals surface area contributed by atoms with E-state index in [1.54, 1.807) is 130 Å². The third-order valence-electron chi connectivity index (χ3n) is 7.53. The molecule has 4 amide bonds. The third kappa shape index (κ3) is 10.4. The van der Waals surface area contributed by atoms with Crippen molar-refractivity contribution in [1.29, 1.82) is 0 Å². The van der Waals surface area contributed by atoms with Gasteiger partial charge in [0.25, 0.3) is 17.7 Å². The molecular weight excluding hydrogens is 713 g/mol. The van der Waals surface area contributed by atoms with Crippen LogP contribution in [0.1, 0.15) is 48.4 Å². The lowest BCUT2D eigenvalue weighted by Gasteiger charge is -2.12. The van der Waals surface area contributed by atoms with Crippen LogP contribution < -0.4 is 26.0 Å². The quantitative estimate of drug-likeness (QED) is 0.0514. The first kappa shape index (κ1) is 38.1. The number of thiophene rings is 1. The number of amides is 4. The highest BCUT2D eigenvalue weighted by atomic mass is 32.2. The number of ether oxygens (including phenoxy) is 2. The summed E-state index contributed by atoms with van der Waals surface area (Å²) in [5.41, 5.74) is 2.60. The van der Waals surface area contributed by atoms with Crippen molar-refractivity contribution in [2.24, 2.45) is 0 Å². The van der Waals surface area contributed by atoms with Crippen molar-refractivity contribution in [3.63, 3.8) is 0 Å². The second kappa shape index (κ2) is 18.4. The van der Waals surface area contributed by atoms with Gasteiger partial charge in [0.15, 0.2) is 0 Å². The van der Waals surface area contributed by atoms with Gasteiger partial charge < -0.3 is 30.7 Å². The van der Waals surface area contributed by atoms with Crippen molar-refractivity contribution in [2.45, 2.75) is 18.7 Å². The van der Waals surface area contributed by atoms with E-state index < -0.39 is 29.6 Å². The van der Waals surface area contributed by atoms with E-state index in [0.717, 1.165) is 11.3 Å². The van der Waals surface area contributed by atoms with Crippen LogP contribution in [0.15, 0.2) is 120 Å². The second-order valence-corrected chi connectivity index (χ2v) is 13.3. The summed E-state index contributed by atoms with van der Waals surface area (Å²) in [4.78, 5) is 66.7. The lowest BCUT2D eigenvalue weighted by atomic mass is 10.1. The van der Waals surface area contributed by atoms with E-state index in [4.69, 9.17) is 9.47 Å². The molecule has 1 aromatic heterocycles. The SMILES string of the molecule is CCOC(=O)c1c(NC(=O)CSc2cccc(NC(=O)/C(=C\c3ccc(OC)cc3)NC(=O)c3ccccc3)c2)sc(C(=O)Nc2ccccc2)c1C. The topological polar surface area (TPSA) is 152 Å². The molecule has 0 radical (unpaired) electrons. The molecule has 4 N–H and O–H groups in total. The molecule has 0 saturated heterocycles. The molecule has 0 saturated carbocycles. The molecule has 0 aliphatic heterocycles. The number of anilines is 3. The maximum Gasteiger partial charge on any atom is 0.341 e. The number of benzene rings is 4. The molecule has 13 heteroatoms. The average Bonchev–Trinajstić information content (AvgIpc) is 3.50. The minimum Gasteiger partial charge on any atom is -0.497 e. The Hall–Kier alpha value is -6.18. The number of carbonyl (C=O) groups excluding carboxylic acids is 5. The molecule has 5 aromatic rings. The Kier molecular flexibility index (Phi) is 13.2. The van der Waals surface area contributed by atoms with Gasteiger partial charge in [0.1, 0.15) is 16.4 Å². The minimum absolute atomic E-state index is 0.0157. The van der Waals surface area contributed by atoms with Crippen LogP contribution in [0, 0.1) is 6.92 Å². The third-order valence-corrected chi connectivity index (χ3v) is 9.73. The van der Waals surface area contributed by atoms with Crippen LogP contribution in [0.4, 0.5) is 16.4 Å². The van der Waals surface area contributed by atoms with Gasteiger partial charge in [-0.25, -0.2) is 4.79 Å². The van der Waals surface area contributed by atoms with Crippen LogP contribution in [-0.2, 0) is 14.3 Å². The van der Waals surface area contributed by atoms with Crippen LogP contribution in [-0.4, -0.2) is 49.1 Å². The summed E-state index contributed by atoms with van der Waals surface area (Å²) < 4.78 is 10.5. The number of methoxy groups -OCH3 is 1. The zero-order valence-electron chi connectivity index (χ0n) is 29.1. The van der Waals surface area contributed by atoms with Crippen molar-refractivity contribution < 1.29 is 33.4 Å². The Morgan fingerprint density at radius 1 is 0.774 bits per heavy atom. The van der Waals surface area contributed by atoms with E-state index in [1.165, 1.54) is 11.8 Å². The van der Waals surface area contributed by atoms with Crippen molar-refractivity contribution in [1.82, 2.24) is 5.32 Å². The fourth-order valence-electron chi connectivity index (χ4n) is 4.96. The standard InChI is InChI=1S/C40H36N4O7S2/c1-4-51-40(49)34-25(2)35(38(48)41-28-14-9-6-10-15-28)53-39(34)44-33(45)24-52-31-17-11-16-29(23-31)42-37(47)32(22-26-18-20-30(50-3)21-19-26)43-36(46)27-12-7-5-8-13-27/h5-23H,4,24H2,1-3H3,(H,41,48)(H,42,47)(H,43,46)(H,44,45)/b32-22+. The van der Waals surface area contributed by atoms with Crippen LogP contribution >= 0.6 is 23.1 Å². The number of carbonyl (C=O) groups is 5. The second-order valence-electron chi connectivity index (χ2n) is 11.3. The van der Waals surface area contributed by atoms with Gasteiger partial charge in [-0.1, -0.05) is 54.6 Å². The van der Waals surface area contributed by atoms with Crippen LogP contribution in [0.5, 0.6) is 5.75 Å². The zero-order valence-corrected chi connectivity index (χ0v) is 30.7. The molecule has 4 aromatic carbocycles. The number of hydrogen-bond donors (Lipinski definition) is 4. The lowest BCUT2D eigenvalue weighted by Crippen LogP contribution is -2.30. The van der Waals surface area contributed by atoms with E-state index in [1.807, 2.05) is 6.07 Å². The number of para-hydroxylation sites is 1. The Bertz CT molecular complexity index is 2130. The van der Waals surface area contributed by atoms with Gasteiger partial charge >= 0.3 is 5.97 Å². The molecule has 53 heavy (non-hydrogen) atoms. The van der Waals surface area contributed by atoms with Gasteiger partial charge in [-0.05, 0) is 85.6 Å². The molecule has 0 aliphatic rings. The maximum atomic E-state index is 13.5. The van der Waals surface area contributed by atoms with E-state index in [2.05, 4.69) is 21.3 Å². The minimum atomic E-state index is -0.647. The lowest BCUT2D eigenvalue weighted by molar-refractivity contribution is -0.114. The Morgan fingerprint density at radius 3 is 2.13 bits per heavy atom. The van der Waals surface area contributed by atoms with Gasteiger partial charge in [-0.2, -0.15) is 0 Å². The van der Waals surface area contributed by atoms with Gasteiger partial charge in [-0.15, -0.1) is 23.1 Å². The molecule has 0 bridgehead atoms. The van der Waals surface area contributed by atoms with Crippen molar-refractivity contribution in [3.05, 3.63) is 142 Å². The predicted octanol–water partition coefficient (Wildman–Crippen LogP) is 7.63. The highest BCUT2D eigenvalue weighted by molar-refractivity contribution is 8.00. The molecule has 0 unspecified atom stereocenters. The normalized spacial score (nSPS) is 10.9. The molecule has 270 valence electrons. The molecule has 1 heterocycles. The molecule has 5 rings (SSSR count). The smallest absolute Gasteiger partial charge is 0.341 e. The number of hydrogen-bond acceptors (Lipinski definition) is 9. The first-order valence-electron chi connectivity index (χ1n) is 16.4. The molecule has 11 nitrogen and oxygen atoms in total. The molecule has 0 aliphatic carbocycles.